The van der Waals surface area contributed by atoms with Crippen molar-refractivity contribution in [2.75, 3.05) is 5.73 Å². The van der Waals surface area contributed by atoms with Gasteiger partial charge >= 0.3 is 0 Å². The minimum absolute atomic E-state index is 0.663. The highest BCUT2D eigenvalue weighted by atomic mass is 15.4. The first-order valence-electron chi connectivity index (χ1n) is 3.44. The molecular formula is C7H7N5. The summed E-state index contributed by atoms with van der Waals surface area (Å²) in [6, 6.07) is 3.45. The van der Waals surface area contributed by atoms with Crippen molar-refractivity contribution in [1.82, 2.24) is 20.0 Å². The average molecular weight is 161 g/mol. The lowest BCUT2D eigenvalue weighted by molar-refractivity contribution is 0.782. The maximum absolute atomic E-state index is 5.56. The van der Waals surface area contributed by atoms with E-state index in [-0.39, 0.29) is 0 Å². The Morgan fingerprint density at radius 3 is 2.92 bits per heavy atom. The zero-order valence-corrected chi connectivity index (χ0v) is 6.25. The van der Waals surface area contributed by atoms with Crippen LogP contribution in [0, 0.1) is 0 Å². The zero-order valence-electron chi connectivity index (χ0n) is 6.25. The van der Waals surface area contributed by atoms with E-state index in [4.69, 9.17) is 5.73 Å². The molecule has 2 aromatic heterocycles. The van der Waals surface area contributed by atoms with Crippen molar-refractivity contribution < 1.29 is 0 Å². The molecule has 2 heterocycles. The van der Waals surface area contributed by atoms with Crippen LogP contribution in [0.4, 0.5) is 5.69 Å². The fraction of sp³-hybridized carbons (Fsp3) is 0. The summed E-state index contributed by atoms with van der Waals surface area (Å²) in [5, 5.41) is 7.44. The summed E-state index contributed by atoms with van der Waals surface area (Å²) in [7, 11) is 0. The Kier molecular flexibility index (Phi) is 1.48. The molecule has 0 unspecified atom stereocenters. The molecule has 0 fully saturated rings. The SMILES string of the molecule is Nc1ccnc(-n2ccnn2)c1. The molecule has 0 bridgehead atoms. The van der Waals surface area contributed by atoms with Crippen molar-refractivity contribution in [3.8, 4) is 5.82 Å². The van der Waals surface area contributed by atoms with Crippen molar-refractivity contribution >= 4 is 5.69 Å². The summed E-state index contributed by atoms with van der Waals surface area (Å²) >= 11 is 0. The molecule has 0 atom stereocenters. The van der Waals surface area contributed by atoms with E-state index in [1.807, 2.05) is 0 Å². The second-order valence-corrected chi connectivity index (χ2v) is 2.29. The van der Waals surface area contributed by atoms with Gasteiger partial charge in [0.2, 0.25) is 0 Å². The molecule has 0 spiro atoms. The lowest BCUT2D eigenvalue weighted by Gasteiger charge is -1.98. The summed E-state index contributed by atoms with van der Waals surface area (Å²) < 4.78 is 1.55. The lowest BCUT2D eigenvalue weighted by Crippen LogP contribution is -1.99. The van der Waals surface area contributed by atoms with Crippen molar-refractivity contribution in [2.45, 2.75) is 0 Å². The molecule has 12 heavy (non-hydrogen) atoms. The van der Waals surface area contributed by atoms with Crippen LogP contribution in [0.25, 0.3) is 5.82 Å². The minimum atomic E-state index is 0.663. The van der Waals surface area contributed by atoms with Gasteiger partial charge in [-0.15, -0.1) is 5.10 Å². The second-order valence-electron chi connectivity index (χ2n) is 2.29. The molecule has 0 aliphatic rings. The van der Waals surface area contributed by atoms with Crippen LogP contribution in [0.15, 0.2) is 30.7 Å². The Morgan fingerprint density at radius 2 is 2.25 bits per heavy atom. The summed E-state index contributed by atoms with van der Waals surface area (Å²) in [6.45, 7) is 0. The van der Waals surface area contributed by atoms with Gasteiger partial charge in [0, 0.05) is 18.0 Å². The molecule has 0 aliphatic heterocycles. The van der Waals surface area contributed by atoms with E-state index in [1.54, 1.807) is 35.4 Å². The minimum Gasteiger partial charge on any atom is -0.399 e. The van der Waals surface area contributed by atoms with E-state index in [9.17, 15) is 0 Å². The number of rotatable bonds is 1. The third kappa shape index (κ3) is 1.12. The summed E-state index contributed by atoms with van der Waals surface area (Å²) in [4.78, 5) is 4.06. The van der Waals surface area contributed by atoms with E-state index < -0.39 is 0 Å². The fourth-order valence-corrected chi connectivity index (χ4v) is 0.890. The van der Waals surface area contributed by atoms with Crippen LogP contribution in [-0.4, -0.2) is 20.0 Å². The molecular weight excluding hydrogens is 154 g/mol. The van der Waals surface area contributed by atoms with E-state index in [2.05, 4.69) is 15.3 Å². The molecule has 2 rings (SSSR count). The Morgan fingerprint density at radius 1 is 1.33 bits per heavy atom. The Hall–Kier alpha value is -1.91. The Balaban J connectivity index is 2.48. The van der Waals surface area contributed by atoms with Gasteiger partial charge in [-0.1, -0.05) is 5.21 Å². The van der Waals surface area contributed by atoms with Gasteiger partial charge in [0.15, 0.2) is 5.82 Å². The monoisotopic (exact) mass is 161 g/mol. The van der Waals surface area contributed by atoms with Gasteiger partial charge in [-0.25, -0.2) is 9.67 Å². The van der Waals surface area contributed by atoms with E-state index in [1.165, 1.54) is 0 Å². The fourth-order valence-electron chi connectivity index (χ4n) is 0.890. The first-order valence-corrected chi connectivity index (χ1v) is 3.44. The van der Waals surface area contributed by atoms with Gasteiger partial charge in [0.05, 0.1) is 12.4 Å². The van der Waals surface area contributed by atoms with Crippen LogP contribution in [0.1, 0.15) is 0 Å². The first kappa shape index (κ1) is 6.78. The van der Waals surface area contributed by atoms with Crippen molar-refractivity contribution in [3.05, 3.63) is 30.7 Å². The highest BCUT2D eigenvalue weighted by molar-refractivity contribution is 5.42. The maximum Gasteiger partial charge on any atom is 0.157 e. The van der Waals surface area contributed by atoms with Gasteiger partial charge in [-0.05, 0) is 6.07 Å². The Bertz CT molecular complexity index is 367. The normalized spacial score (nSPS) is 10.0. The van der Waals surface area contributed by atoms with Crippen LogP contribution in [-0.2, 0) is 0 Å². The smallest absolute Gasteiger partial charge is 0.157 e. The number of nitrogen functional groups attached to an aromatic ring is 1. The summed E-state index contributed by atoms with van der Waals surface area (Å²) in [5.41, 5.74) is 6.23. The number of hydrogen-bond donors (Lipinski definition) is 1. The van der Waals surface area contributed by atoms with E-state index >= 15 is 0 Å². The number of anilines is 1. The molecule has 5 heteroatoms. The van der Waals surface area contributed by atoms with E-state index in [0.29, 0.717) is 11.5 Å². The third-order valence-corrected chi connectivity index (χ3v) is 1.43. The van der Waals surface area contributed by atoms with Gasteiger partial charge in [-0.2, -0.15) is 0 Å². The quantitative estimate of drug-likeness (QED) is 0.650. The highest BCUT2D eigenvalue weighted by Crippen LogP contribution is 2.05. The van der Waals surface area contributed by atoms with Gasteiger partial charge in [-0.3, -0.25) is 0 Å². The predicted octanol–water partition coefficient (Wildman–Crippen LogP) is 0.244. The van der Waals surface area contributed by atoms with Gasteiger partial charge in [0.1, 0.15) is 0 Å². The van der Waals surface area contributed by atoms with Crippen LogP contribution >= 0.6 is 0 Å². The van der Waals surface area contributed by atoms with Crippen molar-refractivity contribution in [2.24, 2.45) is 0 Å². The molecule has 5 nitrogen and oxygen atoms in total. The average Bonchev–Trinajstić information content (AvgIpc) is 2.56. The van der Waals surface area contributed by atoms with Gasteiger partial charge in [0.25, 0.3) is 0 Å². The standard InChI is InChI=1S/C7H7N5/c8-6-1-2-9-7(5-6)12-4-3-10-11-12/h1-5H,(H2,8,9). The number of aromatic nitrogens is 4. The van der Waals surface area contributed by atoms with Crippen LogP contribution < -0.4 is 5.73 Å². The number of pyridine rings is 1. The highest BCUT2D eigenvalue weighted by Gasteiger charge is 1.96. The lowest BCUT2D eigenvalue weighted by atomic mass is 10.4. The van der Waals surface area contributed by atoms with E-state index in [0.717, 1.165) is 0 Å². The third-order valence-electron chi connectivity index (χ3n) is 1.43. The molecule has 0 saturated carbocycles. The number of hydrogen-bond acceptors (Lipinski definition) is 4. The van der Waals surface area contributed by atoms with Crippen LogP contribution in [0.2, 0.25) is 0 Å². The number of nitrogens with zero attached hydrogens (tertiary/aromatic N) is 4. The molecule has 0 saturated heterocycles. The number of nitrogens with two attached hydrogens (primary N) is 1. The van der Waals surface area contributed by atoms with Crippen LogP contribution in [0.5, 0.6) is 0 Å². The van der Waals surface area contributed by atoms with Gasteiger partial charge < -0.3 is 5.73 Å². The summed E-state index contributed by atoms with van der Waals surface area (Å²) in [5.74, 6) is 0.674. The molecule has 2 aromatic rings. The summed E-state index contributed by atoms with van der Waals surface area (Å²) in [6.07, 6.45) is 4.93. The van der Waals surface area contributed by atoms with Crippen LogP contribution in [0.3, 0.4) is 0 Å². The van der Waals surface area contributed by atoms with Crippen molar-refractivity contribution in [1.29, 1.82) is 0 Å². The zero-order chi connectivity index (χ0) is 8.39. The first-order chi connectivity index (χ1) is 5.86. The topological polar surface area (TPSA) is 69.6 Å². The second kappa shape index (κ2) is 2.61. The molecule has 0 amide bonds. The molecule has 2 N–H and O–H groups in total. The Labute approximate surface area is 68.8 Å². The molecule has 0 radical (unpaired) electrons. The predicted molar refractivity (Wildman–Crippen MR) is 43.6 cm³/mol. The van der Waals surface area contributed by atoms with Crippen molar-refractivity contribution in [3.63, 3.8) is 0 Å². The molecule has 0 aromatic carbocycles. The largest absolute Gasteiger partial charge is 0.399 e. The molecule has 0 aliphatic carbocycles. The maximum atomic E-state index is 5.56. The molecule has 60 valence electrons.